The normalized spacial score (nSPS) is 23.1. The molecule has 17 amide bonds. The third-order valence-corrected chi connectivity index (χ3v) is 22.5. The van der Waals surface area contributed by atoms with Crippen LogP contribution in [0.15, 0.2) is 140 Å². The summed E-state index contributed by atoms with van der Waals surface area (Å²) in [5.41, 5.74) is 15.0. The summed E-state index contributed by atoms with van der Waals surface area (Å²) in [4.78, 5) is 262. The van der Waals surface area contributed by atoms with Gasteiger partial charge in [0.1, 0.15) is 84.3 Å². The van der Waals surface area contributed by atoms with Crippen LogP contribution in [-0.2, 0) is 112 Å². The lowest BCUT2D eigenvalue weighted by Crippen LogP contribution is -2.61. The Labute approximate surface area is 757 Å². The van der Waals surface area contributed by atoms with Crippen LogP contribution >= 0.6 is 11.8 Å². The number of fused-ring (bicyclic) bond motifs is 1. The fraction of sp³-hybridized carbons (Fsp3) is 0.451. The zero-order valence-electron chi connectivity index (χ0n) is 74.8. The molecule has 2 heterocycles. The van der Waals surface area contributed by atoms with Crippen molar-refractivity contribution in [3.63, 3.8) is 0 Å². The van der Waals surface area contributed by atoms with Gasteiger partial charge in [-0.2, -0.15) is 0 Å². The molecule has 1 aliphatic heterocycles. The molecule has 0 radical (unpaired) electrons. The number of thioether (sulfide) groups is 1. The van der Waals surface area contributed by atoms with Crippen molar-refractivity contribution in [2.75, 3.05) is 38.7 Å². The number of phenolic OH excluding ortho intramolecular Hbond substituents is 1. The number of H-pyrrole nitrogens is 1. The van der Waals surface area contributed by atoms with Crippen molar-refractivity contribution in [3.8, 4) is 16.9 Å². The smallest absolute Gasteiger partial charge is 0.305 e. The summed E-state index contributed by atoms with van der Waals surface area (Å²) in [6.45, 7) is 14.3. The minimum atomic E-state index is -2.05. The standard InChI is InChI=1S/C91H120N18O20S/c1-48(2)35-63-81(119)102-67(38-55-27-31-58(32-28-55)57-23-17-14-18-24-57)88(126)107-78(51(7)8)91(129)109(12)53(10)90(128)108(11)45-74(113)97-69(41-72(92)111)85(123)100-64(36-49(3)4)87(125)106-77(50(5)6)89(127)96-52(9)79(117)105-71(80(118)95-44-73(93)112)46-130-47-75(114)98-65(37-54-21-15-13-16-22-54)82(120)101-66(39-56-29-33-60(110)34-30-56)83(121)104-70(42-76(115)116)86(124)103-68(84(122)99-63)40-59-43-94-62-26-20-19-25-61(59)62/h13-34,43,48-53,63-71,77-78,94,110H,35-42,44-47H2,1-12H3,(H2,92,111)(H2,93,112)(H,95,118)(H,96,127)(H,97,113)(H,98,114)(H,99,122)(H,100,123)(H,101,120)(H,102,119)(H,103,124)(H,104,121)(H,105,117)(H,106,125)(H,107,126)(H,115,116)/t52-,53-,63-,64-,65-,66-,67-,68-,69-,70-,71-,77-,78-/m0/s1. The monoisotopic (exact) mass is 1820 g/mol. The summed E-state index contributed by atoms with van der Waals surface area (Å²) < 4.78 is 0. The Balaban J connectivity index is 1.30. The Kier molecular flexibility index (Phi) is 39.4. The van der Waals surface area contributed by atoms with Crippen molar-refractivity contribution >= 4 is 129 Å². The summed E-state index contributed by atoms with van der Waals surface area (Å²) >= 11 is 0.756. The molecule has 20 N–H and O–H groups in total. The lowest BCUT2D eigenvalue weighted by atomic mass is 9.97. The van der Waals surface area contributed by atoms with E-state index in [1.807, 2.05) is 30.3 Å². The number of carbonyl (C=O) groups is 18. The van der Waals surface area contributed by atoms with Gasteiger partial charge in [-0.3, -0.25) is 86.3 Å². The molecule has 0 unspecified atom stereocenters. The molecule has 0 spiro atoms. The number of nitrogens with zero attached hydrogens (tertiary/aromatic N) is 2. The minimum Gasteiger partial charge on any atom is -0.508 e. The largest absolute Gasteiger partial charge is 0.508 e. The van der Waals surface area contributed by atoms with E-state index in [0.29, 0.717) is 33.2 Å². The van der Waals surface area contributed by atoms with Gasteiger partial charge in [0.25, 0.3) is 0 Å². The summed E-state index contributed by atoms with van der Waals surface area (Å²) in [6, 6.07) is 16.4. The number of aromatic nitrogens is 1. The molecule has 0 bridgehead atoms. The molecule has 39 heteroatoms. The molecule has 13 atom stereocenters. The van der Waals surface area contributed by atoms with E-state index in [1.165, 1.54) is 52.2 Å². The van der Waals surface area contributed by atoms with E-state index in [0.717, 1.165) is 32.7 Å². The molecule has 6 aromatic rings. The van der Waals surface area contributed by atoms with Crippen LogP contribution in [0.4, 0.5) is 0 Å². The number of nitrogens with two attached hydrogens (primary N) is 2. The fourth-order valence-corrected chi connectivity index (χ4v) is 15.1. The number of likely N-dealkylation sites (N-methyl/N-ethyl adjacent to an activating group) is 2. The zero-order valence-corrected chi connectivity index (χ0v) is 75.6. The van der Waals surface area contributed by atoms with E-state index in [9.17, 15) is 67.7 Å². The van der Waals surface area contributed by atoms with Crippen molar-refractivity contribution < 1.29 is 96.5 Å². The first-order chi connectivity index (χ1) is 61.4. The topological polar surface area (TPSA) is 578 Å². The number of primary amides is 2. The highest BCUT2D eigenvalue weighted by Gasteiger charge is 2.41. The number of aromatic amines is 1. The number of carboxylic acids is 1. The van der Waals surface area contributed by atoms with Gasteiger partial charge in [0.05, 0.1) is 31.7 Å². The molecular formula is C91H120N18O20S. The van der Waals surface area contributed by atoms with Gasteiger partial charge >= 0.3 is 5.97 Å². The number of aliphatic carboxylic acids is 1. The number of amides is 17. The van der Waals surface area contributed by atoms with Crippen molar-refractivity contribution in [3.05, 3.63) is 162 Å². The Bertz CT molecular complexity index is 5020. The van der Waals surface area contributed by atoms with E-state index in [1.54, 1.807) is 140 Å². The number of hydrogen-bond acceptors (Lipinski definition) is 20. The van der Waals surface area contributed by atoms with E-state index < -0.39 is 241 Å². The number of para-hydroxylation sites is 1. The predicted octanol–water partition coefficient (Wildman–Crippen LogP) is 0.0565. The second kappa shape index (κ2) is 49.5. The Morgan fingerprint density at radius 1 is 0.446 bits per heavy atom. The minimum absolute atomic E-state index is 0.0906. The first-order valence-corrected chi connectivity index (χ1v) is 43.9. The number of hydrogen-bond donors (Lipinski definition) is 18. The number of phenols is 1. The van der Waals surface area contributed by atoms with Crippen LogP contribution in [-0.4, -0.2) is 249 Å². The number of carbonyl (C=O) groups excluding carboxylic acids is 17. The highest BCUT2D eigenvalue weighted by Crippen LogP contribution is 2.24. The molecule has 38 nitrogen and oxygen atoms in total. The van der Waals surface area contributed by atoms with Crippen LogP contribution in [0.25, 0.3) is 22.0 Å². The number of carboxylic acid groups (broad SMARTS) is 1. The maximum absolute atomic E-state index is 15.4. The molecule has 7 rings (SSSR count). The third-order valence-electron chi connectivity index (χ3n) is 21.4. The van der Waals surface area contributed by atoms with Gasteiger partial charge in [-0.25, -0.2) is 0 Å². The van der Waals surface area contributed by atoms with Gasteiger partial charge < -0.3 is 106 Å². The highest BCUT2D eigenvalue weighted by atomic mass is 32.2. The molecule has 0 saturated carbocycles. The Morgan fingerprint density at radius 2 is 0.877 bits per heavy atom. The molecule has 0 aliphatic carbocycles. The molecule has 700 valence electrons. The number of aromatic hydroxyl groups is 1. The summed E-state index contributed by atoms with van der Waals surface area (Å²) in [5, 5.41) is 55.0. The van der Waals surface area contributed by atoms with Crippen LogP contribution in [0.3, 0.4) is 0 Å². The molecule has 1 aliphatic rings. The van der Waals surface area contributed by atoms with Crippen LogP contribution in [0.1, 0.15) is 117 Å². The van der Waals surface area contributed by atoms with E-state index in [-0.39, 0.29) is 49.7 Å². The van der Waals surface area contributed by atoms with Gasteiger partial charge in [-0.05, 0) is 102 Å². The van der Waals surface area contributed by atoms with Gasteiger partial charge in [0.2, 0.25) is 100 Å². The zero-order chi connectivity index (χ0) is 95.9. The summed E-state index contributed by atoms with van der Waals surface area (Å²) in [5.74, 6) is -21.7. The molecular weight excluding hydrogens is 1700 g/mol. The first kappa shape index (κ1) is 103. The van der Waals surface area contributed by atoms with Crippen molar-refractivity contribution in [1.29, 1.82) is 0 Å². The highest BCUT2D eigenvalue weighted by molar-refractivity contribution is 8.00. The number of rotatable bonds is 22. The van der Waals surface area contributed by atoms with Crippen LogP contribution in [0.5, 0.6) is 5.75 Å². The van der Waals surface area contributed by atoms with Crippen molar-refractivity contribution in [1.82, 2.24) is 83.9 Å². The Morgan fingerprint density at radius 3 is 1.40 bits per heavy atom. The summed E-state index contributed by atoms with van der Waals surface area (Å²) in [6.07, 6.45) is -1.81. The fourth-order valence-electron chi connectivity index (χ4n) is 14.2. The number of benzene rings is 5. The predicted molar refractivity (Wildman–Crippen MR) is 482 cm³/mol. The maximum atomic E-state index is 15.4. The Hall–Kier alpha value is -13.8. The average molecular weight is 1820 g/mol. The maximum Gasteiger partial charge on any atom is 0.305 e. The molecule has 1 fully saturated rings. The van der Waals surface area contributed by atoms with Gasteiger partial charge in [-0.15, -0.1) is 11.8 Å². The lowest BCUT2D eigenvalue weighted by molar-refractivity contribution is -0.147. The van der Waals surface area contributed by atoms with E-state index in [4.69, 9.17) is 11.5 Å². The summed E-state index contributed by atoms with van der Waals surface area (Å²) in [7, 11) is 2.49. The van der Waals surface area contributed by atoms with Crippen molar-refractivity contribution in [2.45, 2.75) is 199 Å². The quantitative estimate of drug-likeness (QED) is 0.0427. The van der Waals surface area contributed by atoms with Gasteiger partial charge in [-0.1, -0.05) is 171 Å². The second-order valence-electron chi connectivity index (χ2n) is 33.8. The molecule has 1 aromatic heterocycles. The molecule has 1 saturated heterocycles. The van der Waals surface area contributed by atoms with Crippen molar-refractivity contribution in [2.24, 2.45) is 35.1 Å². The first-order valence-electron chi connectivity index (χ1n) is 42.7. The van der Waals surface area contributed by atoms with E-state index >= 15 is 28.8 Å². The third kappa shape index (κ3) is 32.2. The van der Waals surface area contributed by atoms with E-state index in [2.05, 4.69) is 74.1 Å². The van der Waals surface area contributed by atoms with Crippen LogP contribution < -0.4 is 80.6 Å². The molecule has 130 heavy (non-hydrogen) atoms. The SMILES string of the molecule is CC(C)C[C@@H]1NC(=O)[C@H](Cc2c[nH]c3ccccc23)NC(=O)[C@H](CC(=O)O)NC(=O)[C@H](Cc2ccc(O)cc2)NC(=O)[C@H](Cc2ccccc2)NC(=O)CSC[C@@H](C(=O)NCC(N)=O)NC(=O)[C@H](C)NC(=O)[C@H](C(C)C)NC(=O)[C@H](CC(C)C)NC(=O)[C@H](CC(N)=O)NC(=O)CN(C)C(=O)[C@H](C)N(C)C(=O)[C@H](C(C)C)NC(=O)[C@H](Cc2ccc(-c3ccccc3)cc2)NC1=O. The lowest BCUT2D eigenvalue weighted by Gasteiger charge is -2.33. The van der Waals surface area contributed by atoms with Crippen LogP contribution in [0, 0.1) is 23.7 Å². The molecule has 5 aromatic carbocycles. The van der Waals surface area contributed by atoms with Gasteiger partial charge in [0, 0.05) is 62.6 Å². The average Bonchev–Trinajstić information content (AvgIpc) is 1.59. The number of nitrogens with one attached hydrogen (secondary N) is 14. The van der Waals surface area contributed by atoms with Crippen LogP contribution in [0.2, 0.25) is 0 Å². The van der Waals surface area contributed by atoms with Gasteiger partial charge in [0.15, 0.2) is 0 Å². The second-order valence-corrected chi connectivity index (χ2v) is 34.8.